The van der Waals surface area contributed by atoms with Crippen LogP contribution in [0.5, 0.6) is 0 Å². The fraction of sp³-hybridized carbons (Fsp3) is 0.200. The second-order valence-electron chi connectivity index (χ2n) is 3.65. The Balaban J connectivity index is 2.37. The van der Waals surface area contributed by atoms with Gasteiger partial charge in [-0.05, 0) is 18.7 Å². The fourth-order valence-electron chi connectivity index (χ4n) is 1.54. The quantitative estimate of drug-likeness (QED) is 0.768. The summed E-state index contributed by atoms with van der Waals surface area (Å²) in [4.78, 5) is 8.19. The lowest BCUT2D eigenvalue weighted by molar-refractivity contribution is 0.597. The summed E-state index contributed by atoms with van der Waals surface area (Å²) < 4.78 is 24.0. The lowest BCUT2D eigenvalue weighted by Gasteiger charge is -2.06. The van der Waals surface area contributed by atoms with Gasteiger partial charge in [0.25, 0.3) is 0 Å². The minimum atomic E-state index is -3.72. The Morgan fingerprint density at radius 1 is 1.28 bits per heavy atom. The average molecular weight is 267 g/mol. The Bertz CT molecular complexity index is 633. The SMILES string of the molecule is NCCc1nccn1-c1ccc(S(N)(=O)=O)cn1. The summed E-state index contributed by atoms with van der Waals surface area (Å²) in [5.41, 5.74) is 5.48. The van der Waals surface area contributed by atoms with Gasteiger partial charge in [-0.3, -0.25) is 4.57 Å². The Labute approximate surface area is 105 Å². The Hall–Kier alpha value is -1.77. The minimum Gasteiger partial charge on any atom is -0.330 e. The molecule has 0 amide bonds. The zero-order chi connectivity index (χ0) is 13.2. The molecule has 8 heteroatoms. The minimum absolute atomic E-state index is 0.0215. The predicted molar refractivity (Wildman–Crippen MR) is 65.5 cm³/mol. The van der Waals surface area contributed by atoms with Gasteiger partial charge in [0.05, 0.1) is 0 Å². The molecule has 2 heterocycles. The number of pyridine rings is 1. The van der Waals surface area contributed by atoms with Crippen molar-refractivity contribution in [1.29, 1.82) is 0 Å². The molecule has 0 aliphatic rings. The fourth-order valence-corrected chi connectivity index (χ4v) is 2.00. The Morgan fingerprint density at radius 3 is 2.61 bits per heavy atom. The van der Waals surface area contributed by atoms with Gasteiger partial charge in [0, 0.05) is 25.0 Å². The van der Waals surface area contributed by atoms with E-state index < -0.39 is 10.0 Å². The number of aromatic nitrogens is 3. The van der Waals surface area contributed by atoms with Gasteiger partial charge in [-0.2, -0.15) is 0 Å². The zero-order valence-electron chi connectivity index (χ0n) is 9.52. The summed E-state index contributed by atoms with van der Waals surface area (Å²) in [5, 5.41) is 5.00. The second kappa shape index (κ2) is 4.84. The Morgan fingerprint density at radius 2 is 2.06 bits per heavy atom. The molecule has 0 aliphatic carbocycles. The first-order valence-electron chi connectivity index (χ1n) is 5.24. The number of hydrogen-bond acceptors (Lipinski definition) is 5. The molecule has 0 atom stereocenters. The molecule has 0 fully saturated rings. The number of imidazole rings is 1. The van der Waals surface area contributed by atoms with Crippen molar-refractivity contribution < 1.29 is 8.42 Å². The van der Waals surface area contributed by atoms with Crippen LogP contribution in [-0.4, -0.2) is 29.5 Å². The van der Waals surface area contributed by atoms with Gasteiger partial charge >= 0.3 is 0 Å². The van der Waals surface area contributed by atoms with E-state index in [0.717, 1.165) is 5.82 Å². The molecule has 7 nitrogen and oxygen atoms in total. The molecular weight excluding hydrogens is 254 g/mol. The van der Waals surface area contributed by atoms with Gasteiger partial charge in [0.15, 0.2) is 0 Å². The van der Waals surface area contributed by atoms with Crippen LogP contribution in [0.2, 0.25) is 0 Å². The van der Waals surface area contributed by atoms with E-state index in [1.807, 2.05) is 0 Å². The number of nitrogens with zero attached hydrogens (tertiary/aromatic N) is 3. The van der Waals surface area contributed by atoms with E-state index in [0.29, 0.717) is 18.8 Å². The summed E-state index contributed by atoms with van der Waals surface area (Å²) in [7, 11) is -3.72. The van der Waals surface area contributed by atoms with Crippen LogP contribution < -0.4 is 10.9 Å². The number of rotatable bonds is 4. The number of hydrogen-bond donors (Lipinski definition) is 2. The molecule has 2 aromatic rings. The van der Waals surface area contributed by atoms with E-state index in [1.54, 1.807) is 23.0 Å². The van der Waals surface area contributed by atoms with Crippen molar-refractivity contribution in [2.45, 2.75) is 11.3 Å². The summed E-state index contributed by atoms with van der Waals surface area (Å²) in [6, 6.07) is 2.98. The third-order valence-electron chi connectivity index (χ3n) is 2.38. The Kier molecular flexibility index (Phi) is 3.41. The van der Waals surface area contributed by atoms with E-state index in [9.17, 15) is 8.42 Å². The molecule has 0 saturated heterocycles. The highest BCUT2D eigenvalue weighted by Gasteiger charge is 2.10. The van der Waals surface area contributed by atoms with Crippen LogP contribution in [-0.2, 0) is 16.4 Å². The standard InChI is InChI=1S/C10H13N5O2S/c11-4-3-10-13-5-6-15(10)9-2-1-8(7-14-9)18(12,16)17/h1-2,5-7H,3-4,11H2,(H2,12,16,17). The third-order valence-corrected chi connectivity index (χ3v) is 3.28. The van der Waals surface area contributed by atoms with Gasteiger partial charge in [0.1, 0.15) is 16.5 Å². The largest absolute Gasteiger partial charge is 0.330 e. The molecule has 0 bridgehead atoms. The first-order chi connectivity index (χ1) is 8.52. The molecule has 0 radical (unpaired) electrons. The first kappa shape index (κ1) is 12.7. The molecule has 4 N–H and O–H groups in total. The predicted octanol–water partition coefficient (Wildman–Crippen LogP) is -0.584. The average Bonchev–Trinajstić information content (AvgIpc) is 2.77. The molecule has 0 aromatic carbocycles. The van der Waals surface area contributed by atoms with Gasteiger partial charge in [-0.1, -0.05) is 0 Å². The molecule has 0 unspecified atom stereocenters. The molecule has 0 aliphatic heterocycles. The van der Waals surface area contributed by atoms with E-state index >= 15 is 0 Å². The van der Waals surface area contributed by atoms with Gasteiger partial charge in [-0.25, -0.2) is 23.5 Å². The maximum absolute atomic E-state index is 11.1. The van der Waals surface area contributed by atoms with E-state index in [-0.39, 0.29) is 4.90 Å². The van der Waals surface area contributed by atoms with Crippen molar-refractivity contribution in [1.82, 2.24) is 14.5 Å². The molecule has 0 saturated carbocycles. The van der Waals surface area contributed by atoms with Crippen molar-refractivity contribution in [2.75, 3.05) is 6.54 Å². The van der Waals surface area contributed by atoms with Gasteiger partial charge in [0.2, 0.25) is 10.0 Å². The molecule has 2 rings (SSSR count). The van der Waals surface area contributed by atoms with E-state index in [2.05, 4.69) is 9.97 Å². The monoisotopic (exact) mass is 267 g/mol. The van der Waals surface area contributed by atoms with Crippen molar-refractivity contribution in [2.24, 2.45) is 10.9 Å². The van der Waals surface area contributed by atoms with Crippen LogP contribution in [0, 0.1) is 0 Å². The maximum Gasteiger partial charge on any atom is 0.239 e. The highest BCUT2D eigenvalue weighted by molar-refractivity contribution is 7.89. The van der Waals surface area contributed by atoms with Crippen LogP contribution in [0.25, 0.3) is 5.82 Å². The smallest absolute Gasteiger partial charge is 0.239 e. The van der Waals surface area contributed by atoms with Crippen molar-refractivity contribution in [3.05, 3.63) is 36.5 Å². The van der Waals surface area contributed by atoms with Crippen molar-refractivity contribution in [3.8, 4) is 5.82 Å². The van der Waals surface area contributed by atoms with E-state index in [1.165, 1.54) is 12.3 Å². The summed E-state index contributed by atoms with van der Waals surface area (Å²) >= 11 is 0. The summed E-state index contributed by atoms with van der Waals surface area (Å²) in [6.45, 7) is 0.478. The highest BCUT2D eigenvalue weighted by Crippen LogP contribution is 2.11. The second-order valence-corrected chi connectivity index (χ2v) is 5.21. The highest BCUT2D eigenvalue weighted by atomic mass is 32.2. The molecular formula is C10H13N5O2S. The maximum atomic E-state index is 11.1. The number of primary sulfonamides is 1. The number of sulfonamides is 1. The lowest BCUT2D eigenvalue weighted by atomic mass is 10.4. The zero-order valence-corrected chi connectivity index (χ0v) is 10.3. The lowest BCUT2D eigenvalue weighted by Crippen LogP contribution is -2.13. The van der Waals surface area contributed by atoms with Crippen LogP contribution in [0.15, 0.2) is 35.6 Å². The van der Waals surface area contributed by atoms with Crippen LogP contribution in [0.4, 0.5) is 0 Å². The molecule has 2 aromatic heterocycles. The molecule has 18 heavy (non-hydrogen) atoms. The summed E-state index contributed by atoms with van der Waals surface area (Å²) in [5.74, 6) is 1.34. The third kappa shape index (κ3) is 2.55. The van der Waals surface area contributed by atoms with E-state index in [4.69, 9.17) is 10.9 Å². The first-order valence-corrected chi connectivity index (χ1v) is 6.78. The molecule has 0 spiro atoms. The van der Waals surface area contributed by atoms with Crippen LogP contribution in [0.3, 0.4) is 0 Å². The van der Waals surface area contributed by atoms with Crippen LogP contribution >= 0.6 is 0 Å². The van der Waals surface area contributed by atoms with Crippen molar-refractivity contribution >= 4 is 10.0 Å². The van der Waals surface area contributed by atoms with Gasteiger partial charge < -0.3 is 5.73 Å². The van der Waals surface area contributed by atoms with Crippen LogP contribution in [0.1, 0.15) is 5.82 Å². The number of nitrogens with two attached hydrogens (primary N) is 2. The van der Waals surface area contributed by atoms with Gasteiger partial charge in [-0.15, -0.1) is 0 Å². The van der Waals surface area contributed by atoms with Crippen molar-refractivity contribution in [3.63, 3.8) is 0 Å². The molecule has 96 valence electrons. The topological polar surface area (TPSA) is 117 Å². The summed E-state index contributed by atoms with van der Waals surface area (Å²) in [6.07, 6.45) is 5.21. The normalized spacial score (nSPS) is 11.7.